The number of nitrogens with zero attached hydrogens (tertiary/aromatic N) is 1. The van der Waals surface area contributed by atoms with Crippen molar-refractivity contribution in [2.24, 2.45) is 0 Å². The number of methoxy groups -OCH3 is 1. The molecule has 33 heavy (non-hydrogen) atoms. The number of hydrogen-bond acceptors (Lipinski definition) is 3. The third-order valence-electron chi connectivity index (χ3n) is 6.90. The molecule has 0 saturated carbocycles. The average molecular weight is 437 g/mol. The van der Waals surface area contributed by atoms with E-state index in [1.165, 1.54) is 0 Å². The number of ether oxygens (including phenoxy) is 1. The Hall–Kier alpha value is -4.06. The molecule has 4 aromatic rings. The normalized spacial score (nSPS) is 18.8. The average Bonchev–Trinajstić information content (AvgIpc) is 3.35. The van der Waals surface area contributed by atoms with Crippen LogP contribution in [0.15, 0.2) is 66.7 Å². The van der Waals surface area contributed by atoms with Gasteiger partial charge >= 0.3 is 0 Å². The van der Waals surface area contributed by atoms with Gasteiger partial charge in [0.05, 0.1) is 12.8 Å². The third-order valence-corrected chi connectivity index (χ3v) is 6.90. The Labute approximate surface area is 191 Å². The first kappa shape index (κ1) is 19.6. The van der Waals surface area contributed by atoms with Crippen LogP contribution in [0, 0.1) is 6.92 Å². The Bertz CT molecular complexity index is 1440. The lowest BCUT2D eigenvalue weighted by Gasteiger charge is -2.43. The van der Waals surface area contributed by atoms with Crippen molar-refractivity contribution in [3.8, 4) is 5.75 Å². The van der Waals surface area contributed by atoms with Crippen molar-refractivity contribution >= 4 is 28.4 Å². The van der Waals surface area contributed by atoms with Gasteiger partial charge in [0.2, 0.25) is 0 Å². The van der Waals surface area contributed by atoms with Crippen LogP contribution >= 0.6 is 0 Å². The number of amides is 2. The molecule has 0 bridgehead atoms. The Morgan fingerprint density at radius 3 is 2.64 bits per heavy atom. The molecule has 2 N–H and O–H groups in total. The Morgan fingerprint density at radius 2 is 1.85 bits per heavy atom. The van der Waals surface area contributed by atoms with Crippen LogP contribution in [0.5, 0.6) is 5.75 Å². The molecule has 2 aliphatic heterocycles. The molecule has 0 aliphatic carbocycles. The maximum Gasteiger partial charge on any atom is 0.261 e. The molecule has 1 atom stereocenters. The fourth-order valence-corrected chi connectivity index (χ4v) is 5.31. The molecule has 3 heterocycles. The summed E-state index contributed by atoms with van der Waals surface area (Å²) in [6.07, 6.45) is 0.636. The van der Waals surface area contributed by atoms with Crippen molar-refractivity contribution < 1.29 is 14.3 Å². The minimum Gasteiger partial charge on any atom is -0.497 e. The summed E-state index contributed by atoms with van der Waals surface area (Å²) < 4.78 is 5.45. The van der Waals surface area contributed by atoms with E-state index in [4.69, 9.17) is 4.74 Å². The van der Waals surface area contributed by atoms with E-state index in [-0.39, 0.29) is 11.8 Å². The molecule has 164 valence electrons. The second-order valence-corrected chi connectivity index (χ2v) is 8.67. The van der Waals surface area contributed by atoms with Crippen LogP contribution in [0.1, 0.15) is 32.7 Å². The number of fused-ring (bicyclic) bond motifs is 6. The maximum absolute atomic E-state index is 13.9. The van der Waals surface area contributed by atoms with E-state index < -0.39 is 5.54 Å². The van der Waals surface area contributed by atoms with Crippen molar-refractivity contribution in [2.45, 2.75) is 18.9 Å². The number of rotatable bonds is 2. The zero-order chi connectivity index (χ0) is 22.7. The first-order valence-electron chi connectivity index (χ1n) is 11.0. The summed E-state index contributed by atoms with van der Waals surface area (Å²) >= 11 is 0. The second kappa shape index (κ2) is 6.97. The largest absolute Gasteiger partial charge is 0.497 e. The highest BCUT2D eigenvalue weighted by molar-refractivity contribution is 6.12. The summed E-state index contributed by atoms with van der Waals surface area (Å²) in [4.78, 5) is 32.9. The minimum absolute atomic E-state index is 0.163. The molecule has 3 aromatic carbocycles. The monoisotopic (exact) mass is 437 g/mol. The predicted molar refractivity (Wildman–Crippen MR) is 127 cm³/mol. The highest BCUT2D eigenvalue weighted by atomic mass is 16.5. The lowest BCUT2D eigenvalue weighted by Crippen LogP contribution is -2.57. The zero-order valence-corrected chi connectivity index (χ0v) is 18.4. The topological polar surface area (TPSA) is 74.4 Å². The number of para-hydroxylation sites is 1. The molecule has 6 nitrogen and oxygen atoms in total. The van der Waals surface area contributed by atoms with Gasteiger partial charge in [-0.2, -0.15) is 0 Å². The van der Waals surface area contributed by atoms with Crippen LogP contribution in [-0.4, -0.2) is 35.4 Å². The number of carbonyl (C=O) groups excluding carboxylic acids is 2. The van der Waals surface area contributed by atoms with Crippen molar-refractivity contribution in [1.29, 1.82) is 0 Å². The van der Waals surface area contributed by atoms with Crippen LogP contribution in [0.25, 0.3) is 10.9 Å². The van der Waals surface area contributed by atoms with Crippen LogP contribution in [0.2, 0.25) is 0 Å². The number of H-pyrrole nitrogens is 1. The Balaban J connectivity index is 1.63. The van der Waals surface area contributed by atoms with E-state index in [1.807, 2.05) is 73.7 Å². The smallest absolute Gasteiger partial charge is 0.261 e. The fourth-order valence-electron chi connectivity index (χ4n) is 5.31. The Kier molecular flexibility index (Phi) is 4.14. The lowest BCUT2D eigenvalue weighted by atomic mass is 9.79. The van der Waals surface area contributed by atoms with E-state index in [0.29, 0.717) is 18.5 Å². The molecule has 0 radical (unpaired) electrons. The number of anilines is 1. The number of aryl methyl sites for hydroxylation is 1. The maximum atomic E-state index is 13.9. The summed E-state index contributed by atoms with van der Waals surface area (Å²) in [6, 6.07) is 21.0. The van der Waals surface area contributed by atoms with Gasteiger partial charge in [-0.15, -0.1) is 0 Å². The van der Waals surface area contributed by atoms with Crippen LogP contribution in [0.3, 0.4) is 0 Å². The molecule has 2 aliphatic rings. The summed E-state index contributed by atoms with van der Waals surface area (Å²) in [5.74, 6) is 0.375. The van der Waals surface area contributed by atoms with Crippen LogP contribution in [-0.2, 0) is 16.8 Å². The second-order valence-electron chi connectivity index (χ2n) is 8.67. The van der Waals surface area contributed by atoms with Crippen molar-refractivity contribution in [3.63, 3.8) is 0 Å². The van der Waals surface area contributed by atoms with Crippen molar-refractivity contribution in [2.75, 3.05) is 19.0 Å². The van der Waals surface area contributed by atoms with Crippen LogP contribution < -0.4 is 10.1 Å². The van der Waals surface area contributed by atoms with Crippen molar-refractivity contribution in [3.05, 3.63) is 94.7 Å². The van der Waals surface area contributed by atoms with Gasteiger partial charge in [-0.25, -0.2) is 0 Å². The standard InChI is InChI=1S/C27H23N3O3/c1-16-7-9-17(10-8-16)25(31)30-14-13-19-20-15-18(33-2)11-12-22(20)28-24(19)27(30)21-5-3-4-6-23(21)29-26(27)32/h3-12,15,28H,13-14H2,1-2H3,(H,29,32)/t27-/m0/s1. The van der Waals surface area contributed by atoms with Crippen LogP contribution in [0.4, 0.5) is 5.69 Å². The molecule has 2 amide bonds. The fraction of sp³-hybridized carbons (Fsp3) is 0.185. The van der Waals surface area contributed by atoms with Gasteiger partial charge in [0.15, 0.2) is 5.54 Å². The van der Waals surface area contributed by atoms with Gasteiger partial charge in [-0.1, -0.05) is 35.9 Å². The number of carbonyl (C=O) groups is 2. The molecular weight excluding hydrogens is 414 g/mol. The first-order valence-corrected chi connectivity index (χ1v) is 11.0. The molecule has 6 rings (SSSR count). The molecule has 0 fully saturated rings. The summed E-state index contributed by atoms with van der Waals surface area (Å²) in [5.41, 5.74) is 4.61. The number of aromatic nitrogens is 1. The highest BCUT2D eigenvalue weighted by Gasteiger charge is 2.58. The number of benzene rings is 3. The van der Waals surface area contributed by atoms with E-state index >= 15 is 0 Å². The van der Waals surface area contributed by atoms with Gasteiger partial charge in [0.1, 0.15) is 5.75 Å². The van der Waals surface area contributed by atoms with E-state index in [1.54, 1.807) is 12.0 Å². The zero-order valence-electron chi connectivity index (χ0n) is 18.4. The van der Waals surface area contributed by atoms with Gasteiger partial charge in [0.25, 0.3) is 11.8 Å². The predicted octanol–water partition coefficient (Wildman–Crippen LogP) is 4.38. The van der Waals surface area contributed by atoms with E-state index in [0.717, 1.165) is 44.7 Å². The number of hydrogen-bond donors (Lipinski definition) is 2. The van der Waals surface area contributed by atoms with Gasteiger partial charge < -0.3 is 19.9 Å². The van der Waals surface area contributed by atoms with Crippen molar-refractivity contribution in [1.82, 2.24) is 9.88 Å². The highest BCUT2D eigenvalue weighted by Crippen LogP contribution is 2.50. The van der Waals surface area contributed by atoms with Gasteiger partial charge in [-0.3, -0.25) is 9.59 Å². The Morgan fingerprint density at radius 1 is 1.06 bits per heavy atom. The summed E-state index contributed by atoms with van der Waals surface area (Å²) in [7, 11) is 1.64. The molecule has 1 spiro atoms. The minimum atomic E-state index is -1.27. The van der Waals surface area contributed by atoms with E-state index in [9.17, 15) is 9.59 Å². The van der Waals surface area contributed by atoms with Gasteiger partial charge in [-0.05, 0) is 55.3 Å². The first-order chi connectivity index (χ1) is 16.0. The third kappa shape index (κ3) is 2.61. The molecular formula is C27H23N3O3. The summed E-state index contributed by atoms with van der Waals surface area (Å²) in [5, 5.41) is 4.05. The van der Waals surface area contributed by atoms with Gasteiger partial charge in [0, 0.05) is 34.3 Å². The van der Waals surface area contributed by atoms with E-state index in [2.05, 4.69) is 10.3 Å². The molecule has 1 aromatic heterocycles. The summed E-state index contributed by atoms with van der Waals surface area (Å²) in [6.45, 7) is 2.41. The SMILES string of the molecule is COc1ccc2[nH]c3c(c2c1)CCN(C(=O)c1ccc(C)cc1)[C@]31C(=O)Nc2ccccc21. The number of aromatic amines is 1. The lowest BCUT2D eigenvalue weighted by molar-refractivity contribution is -0.124. The quantitative estimate of drug-likeness (QED) is 0.489. The molecule has 0 saturated heterocycles. The molecule has 0 unspecified atom stereocenters. The number of nitrogens with one attached hydrogen (secondary N) is 2. The molecule has 6 heteroatoms.